The lowest BCUT2D eigenvalue weighted by Crippen LogP contribution is -2.22. The van der Waals surface area contributed by atoms with Gasteiger partial charge in [-0.25, -0.2) is 9.97 Å². The average Bonchev–Trinajstić information content (AvgIpc) is 3.32. The number of anilines is 2. The lowest BCUT2D eigenvalue weighted by atomic mass is 10.1. The van der Waals surface area contributed by atoms with Crippen molar-refractivity contribution in [3.8, 4) is 5.69 Å². The highest BCUT2D eigenvalue weighted by atomic mass is 16.3. The molecule has 1 fully saturated rings. The van der Waals surface area contributed by atoms with Crippen LogP contribution in [-0.4, -0.2) is 43.8 Å². The molecule has 4 rings (SSSR count). The maximum atomic E-state index is 9.70. The molecule has 128 valence electrons. The number of hydrogen-bond donors (Lipinski definition) is 2. The number of aromatic nitrogens is 4. The van der Waals surface area contributed by atoms with Gasteiger partial charge in [0.1, 0.15) is 5.82 Å². The van der Waals surface area contributed by atoms with E-state index in [-0.39, 0.29) is 6.10 Å². The first-order valence-corrected chi connectivity index (χ1v) is 8.36. The van der Waals surface area contributed by atoms with Crippen LogP contribution in [0.5, 0.6) is 0 Å². The third kappa shape index (κ3) is 3.46. The van der Waals surface area contributed by atoms with Crippen molar-refractivity contribution >= 4 is 11.8 Å². The second-order valence-corrected chi connectivity index (χ2v) is 6.08. The number of aliphatic hydroxyl groups is 1. The predicted molar refractivity (Wildman–Crippen MR) is 95.8 cm³/mol. The first-order chi connectivity index (χ1) is 12.3. The Bertz CT molecular complexity index is 835. The van der Waals surface area contributed by atoms with Gasteiger partial charge in [0, 0.05) is 38.2 Å². The molecule has 1 atom stereocenters. The number of imidazole rings is 1. The van der Waals surface area contributed by atoms with Crippen molar-refractivity contribution in [2.24, 2.45) is 0 Å². The molecule has 1 aliphatic heterocycles. The van der Waals surface area contributed by atoms with Gasteiger partial charge in [-0.15, -0.1) is 0 Å². The zero-order valence-electron chi connectivity index (χ0n) is 13.8. The monoisotopic (exact) mass is 336 g/mol. The van der Waals surface area contributed by atoms with E-state index in [9.17, 15) is 5.11 Å². The largest absolute Gasteiger partial charge is 0.391 e. The number of benzene rings is 1. The number of β-amino-alcohol motifs (C(OH)–C–C–N with tert-alkyl or cyclic N) is 1. The van der Waals surface area contributed by atoms with Crippen LogP contribution in [0.1, 0.15) is 12.0 Å². The van der Waals surface area contributed by atoms with Gasteiger partial charge in [0.15, 0.2) is 0 Å². The van der Waals surface area contributed by atoms with Gasteiger partial charge >= 0.3 is 0 Å². The van der Waals surface area contributed by atoms with Crippen LogP contribution in [0.15, 0.2) is 55.2 Å². The Labute approximate surface area is 146 Å². The molecule has 0 spiro atoms. The summed E-state index contributed by atoms with van der Waals surface area (Å²) < 4.78 is 1.99. The highest BCUT2D eigenvalue weighted by molar-refractivity contribution is 5.46. The second-order valence-electron chi connectivity index (χ2n) is 6.08. The van der Waals surface area contributed by atoms with Gasteiger partial charge in [0.2, 0.25) is 5.95 Å². The molecule has 0 aliphatic carbocycles. The highest BCUT2D eigenvalue weighted by Crippen LogP contribution is 2.20. The molecule has 3 aromatic rings. The summed E-state index contributed by atoms with van der Waals surface area (Å²) in [5.41, 5.74) is 2.21. The van der Waals surface area contributed by atoms with E-state index in [2.05, 4.69) is 37.3 Å². The Balaban J connectivity index is 1.49. The molecule has 2 N–H and O–H groups in total. The summed E-state index contributed by atoms with van der Waals surface area (Å²) in [7, 11) is 0. The van der Waals surface area contributed by atoms with Crippen LogP contribution >= 0.6 is 0 Å². The standard InChI is InChI=1S/C18H20N6O/c25-15-6-9-23(12-15)17-5-7-20-18(22-17)21-11-14-3-1-2-4-16(14)24-10-8-19-13-24/h1-5,7-8,10,13,15,25H,6,9,11-12H2,(H,20,21,22). The molecule has 0 saturated carbocycles. The molecule has 3 heterocycles. The molecular formula is C18H20N6O. The molecular weight excluding hydrogens is 316 g/mol. The van der Waals surface area contributed by atoms with E-state index in [0.717, 1.165) is 30.0 Å². The molecule has 1 aliphatic rings. The smallest absolute Gasteiger partial charge is 0.224 e. The first kappa shape index (κ1) is 15.6. The van der Waals surface area contributed by atoms with Crippen molar-refractivity contribution in [1.82, 2.24) is 19.5 Å². The van der Waals surface area contributed by atoms with Crippen molar-refractivity contribution < 1.29 is 5.11 Å². The Kier molecular flexibility index (Phi) is 4.30. The van der Waals surface area contributed by atoms with E-state index in [1.165, 1.54) is 0 Å². The number of rotatable bonds is 5. The second kappa shape index (κ2) is 6.90. The summed E-state index contributed by atoms with van der Waals surface area (Å²) in [6.45, 7) is 2.06. The predicted octanol–water partition coefficient (Wildman–Crippen LogP) is 1.85. The maximum Gasteiger partial charge on any atom is 0.224 e. The van der Waals surface area contributed by atoms with Crippen LogP contribution in [0.4, 0.5) is 11.8 Å². The van der Waals surface area contributed by atoms with E-state index < -0.39 is 0 Å². The van der Waals surface area contributed by atoms with E-state index >= 15 is 0 Å². The first-order valence-electron chi connectivity index (χ1n) is 8.36. The summed E-state index contributed by atoms with van der Waals surface area (Å²) >= 11 is 0. The van der Waals surface area contributed by atoms with Crippen molar-refractivity contribution in [1.29, 1.82) is 0 Å². The number of para-hydroxylation sites is 1. The molecule has 0 bridgehead atoms. The minimum Gasteiger partial charge on any atom is -0.391 e. The SMILES string of the molecule is OC1CCN(c2ccnc(NCc3ccccc3-n3ccnc3)n2)C1. The minimum absolute atomic E-state index is 0.270. The van der Waals surface area contributed by atoms with Crippen molar-refractivity contribution in [3.05, 3.63) is 60.8 Å². The van der Waals surface area contributed by atoms with E-state index in [4.69, 9.17) is 0 Å². The summed E-state index contributed by atoms with van der Waals surface area (Å²) in [5.74, 6) is 1.43. The van der Waals surface area contributed by atoms with E-state index in [0.29, 0.717) is 19.0 Å². The molecule has 7 nitrogen and oxygen atoms in total. The number of nitrogens with zero attached hydrogens (tertiary/aromatic N) is 5. The van der Waals surface area contributed by atoms with E-state index in [1.807, 2.05) is 29.0 Å². The van der Waals surface area contributed by atoms with Gasteiger partial charge in [-0.05, 0) is 24.1 Å². The summed E-state index contributed by atoms with van der Waals surface area (Å²) in [5, 5.41) is 13.0. The van der Waals surface area contributed by atoms with Crippen LogP contribution in [0, 0.1) is 0 Å². The molecule has 0 amide bonds. The van der Waals surface area contributed by atoms with Gasteiger partial charge in [-0.3, -0.25) is 0 Å². The fourth-order valence-corrected chi connectivity index (χ4v) is 3.05. The normalized spacial score (nSPS) is 17.0. The minimum atomic E-state index is -0.270. The fourth-order valence-electron chi connectivity index (χ4n) is 3.05. The van der Waals surface area contributed by atoms with Crippen molar-refractivity contribution in [2.45, 2.75) is 19.1 Å². The summed E-state index contributed by atoms with van der Waals surface area (Å²) in [6, 6.07) is 10.0. The molecule has 2 aromatic heterocycles. The molecule has 1 aromatic carbocycles. The van der Waals surface area contributed by atoms with Crippen molar-refractivity contribution in [3.63, 3.8) is 0 Å². The summed E-state index contributed by atoms with van der Waals surface area (Å²) in [6.07, 6.45) is 7.74. The van der Waals surface area contributed by atoms with Gasteiger partial charge in [-0.1, -0.05) is 18.2 Å². The topological polar surface area (TPSA) is 79.1 Å². The maximum absolute atomic E-state index is 9.70. The summed E-state index contributed by atoms with van der Waals surface area (Å²) in [4.78, 5) is 15.1. The quantitative estimate of drug-likeness (QED) is 0.740. The average molecular weight is 336 g/mol. The fraction of sp³-hybridized carbons (Fsp3) is 0.278. The third-order valence-electron chi connectivity index (χ3n) is 4.34. The van der Waals surface area contributed by atoms with Gasteiger partial charge in [0.05, 0.1) is 18.1 Å². The Morgan fingerprint density at radius 2 is 2.12 bits per heavy atom. The van der Waals surface area contributed by atoms with Gasteiger partial charge < -0.3 is 19.9 Å². The Morgan fingerprint density at radius 1 is 1.20 bits per heavy atom. The molecule has 1 unspecified atom stereocenters. The van der Waals surface area contributed by atoms with Gasteiger partial charge in [-0.2, -0.15) is 4.98 Å². The Hall–Kier alpha value is -2.93. The van der Waals surface area contributed by atoms with Crippen LogP contribution in [0.3, 0.4) is 0 Å². The van der Waals surface area contributed by atoms with Crippen molar-refractivity contribution in [2.75, 3.05) is 23.3 Å². The van der Waals surface area contributed by atoms with Crippen LogP contribution < -0.4 is 10.2 Å². The lowest BCUT2D eigenvalue weighted by molar-refractivity contribution is 0.198. The molecule has 1 saturated heterocycles. The molecule has 0 radical (unpaired) electrons. The van der Waals surface area contributed by atoms with Gasteiger partial charge in [0.25, 0.3) is 0 Å². The zero-order chi connectivity index (χ0) is 17.1. The third-order valence-corrected chi connectivity index (χ3v) is 4.34. The number of hydrogen-bond acceptors (Lipinski definition) is 6. The van der Waals surface area contributed by atoms with Crippen LogP contribution in [0.25, 0.3) is 5.69 Å². The Morgan fingerprint density at radius 3 is 2.92 bits per heavy atom. The van der Waals surface area contributed by atoms with Crippen LogP contribution in [0.2, 0.25) is 0 Å². The number of nitrogens with one attached hydrogen (secondary N) is 1. The van der Waals surface area contributed by atoms with E-state index in [1.54, 1.807) is 18.7 Å². The molecule has 25 heavy (non-hydrogen) atoms. The zero-order valence-corrected chi connectivity index (χ0v) is 13.8. The highest BCUT2D eigenvalue weighted by Gasteiger charge is 2.21. The molecule has 7 heteroatoms. The lowest BCUT2D eigenvalue weighted by Gasteiger charge is -2.17. The van der Waals surface area contributed by atoms with Crippen LogP contribution in [-0.2, 0) is 6.54 Å². The number of aliphatic hydroxyl groups excluding tert-OH is 1.